The van der Waals surface area contributed by atoms with Gasteiger partial charge in [0.2, 0.25) is 0 Å². The second kappa shape index (κ2) is 7.62. The number of benzene rings is 7. The van der Waals surface area contributed by atoms with Gasteiger partial charge in [0.1, 0.15) is 11.2 Å². The molecule has 7 aromatic carbocycles. The Bertz CT molecular complexity index is 2390. The van der Waals surface area contributed by atoms with Crippen LogP contribution in [0.4, 0.5) is 0 Å². The number of furan rings is 1. The van der Waals surface area contributed by atoms with Gasteiger partial charge in [-0.1, -0.05) is 91.0 Å². The van der Waals surface area contributed by atoms with Crippen molar-refractivity contribution in [1.29, 1.82) is 0 Å². The molecule has 0 N–H and O–H groups in total. The van der Waals surface area contributed by atoms with Gasteiger partial charge in [-0.25, -0.2) is 9.97 Å². The van der Waals surface area contributed by atoms with Crippen molar-refractivity contribution in [2.24, 2.45) is 0 Å². The molecule has 0 fully saturated rings. The first-order valence-corrected chi connectivity index (χ1v) is 13.2. The summed E-state index contributed by atoms with van der Waals surface area (Å²) in [6.07, 6.45) is 0. The van der Waals surface area contributed by atoms with Crippen LogP contribution in [0.3, 0.4) is 0 Å². The van der Waals surface area contributed by atoms with Crippen LogP contribution in [0, 0.1) is 0 Å². The first-order chi connectivity index (χ1) is 19.3. The lowest BCUT2D eigenvalue weighted by Crippen LogP contribution is -1.95. The topological polar surface area (TPSA) is 38.9 Å². The molecule has 0 saturated carbocycles. The van der Waals surface area contributed by atoms with Crippen molar-refractivity contribution in [2.75, 3.05) is 0 Å². The molecule has 2 aromatic heterocycles. The third-order valence-corrected chi connectivity index (χ3v) is 7.98. The van der Waals surface area contributed by atoms with Crippen molar-refractivity contribution < 1.29 is 4.42 Å². The summed E-state index contributed by atoms with van der Waals surface area (Å²) >= 11 is 0. The highest BCUT2D eigenvalue weighted by atomic mass is 16.3. The Morgan fingerprint density at radius 3 is 1.97 bits per heavy atom. The lowest BCUT2D eigenvalue weighted by Gasteiger charge is -2.14. The Morgan fingerprint density at radius 2 is 1.13 bits per heavy atom. The zero-order chi connectivity index (χ0) is 25.5. The van der Waals surface area contributed by atoms with Gasteiger partial charge in [0.15, 0.2) is 0 Å². The van der Waals surface area contributed by atoms with E-state index in [0.717, 1.165) is 44.7 Å². The summed E-state index contributed by atoms with van der Waals surface area (Å²) in [6.45, 7) is 0. The lowest BCUT2D eigenvalue weighted by atomic mass is 9.89. The molecule has 0 bridgehead atoms. The monoisotopic (exact) mass is 496 g/mol. The highest BCUT2D eigenvalue weighted by molar-refractivity contribution is 6.38. The Morgan fingerprint density at radius 1 is 0.410 bits per heavy atom. The lowest BCUT2D eigenvalue weighted by molar-refractivity contribution is 0.670. The minimum absolute atomic E-state index is 0.885. The van der Waals surface area contributed by atoms with Crippen LogP contribution in [0.1, 0.15) is 0 Å². The Balaban J connectivity index is 1.46. The van der Waals surface area contributed by atoms with Crippen molar-refractivity contribution in [3.8, 4) is 22.5 Å². The predicted octanol–water partition coefficient (Wildman–Crippen LogP) is 9.76. The summed E-state index contributed by atoms with van der Waals surface area (Å²) in [5, 5.41) is 9.65. The third-order valence-electron chi connectivity index (χ3n) is 7.98. The molecule has 0 spiro atoms. The fourth-order valence-electron chi connectivity index (χ4n) is 6.28. The van der Waals surface area contributed by atoms with Gasteiger partial charge in [0, 0.05) is 27.3 Å². The van der Waals surface area contributed by atoms with E-state index in [9.17, 15) is 0 Å². The van der Waals surface area contributed by atoms with Gasteiger partial charge in [-0.3, -0.25) is 0 Å². The minimum Gasteiger partial charge on any atom is -0.456 e. The molecule has 39 heavy (non-hydrogen) atoms. The Kier molecular flexibility index (Phi) is 4.05. The summed E-state index contributed by atoms with van der Waals surface area (Å²) in [4.78, 5) is 10.3. The Hall–Kier alpha value is -5.28. The molecule has 0 aliphatic carbocycles. The zero-order valence-corrected chi connectivity index (χ0v) is 20.8. The number of rotatable bonds is 2. The number of hydrogen-bond donors (Lipinski definition) is 0. The maximum Gasteiger partial charge on any atom is 0.136 e. The van der Waals surface area contributed by atoms with E-state index in [1.54, 1.807) is 0 Å². The van der Waals surface area contributed by atoms with Crippen LogP contribution < -0.4 is 0 Å². The first-order valence-electron chi connectivity index (χ1n) is 13.2. The van der Waals surface area contributed by atoms with E-state index in [1.165, 1.54) is 43.1 Å². The average molecular weight is 497 g/mol. The quantitative estimate of drug-likeness (QED) is 0.224. The van der Waals surface area contributed by atoms with E-state index >= 15 is 0 Å². The van der Waals surface area contributed by atoms with Crippen LogP contribution in [0.25, 0.3) is 87.8 Å². The first kappa shape index (κ1) is 20.7. The number of para-hydroxylation sites is 2. The van der Waals surface area contributed by atoms with Crippen molar-refractivity contribution in [2.45, 2.75) is 0 Å². The molecule has 0 atom stereocenters. The molecule has 0 unspecified atom stereocenters. The molecular formula is C36H20N2O. The molecule has 3 heteroatoms. The van der Waals surface area contributed by atoms with Crippen LogP contribution >= 0.6 is 0 Å². The fourth-order valence-corrected chi connectivity index (χ4v) is 6.28. The largest absolute Gasteiger partial charge is 0.456 e. The van der Waals surface area contributed by atoms with Gasteiger partial charge in [-0.15, -0.1) is 0 Å². The molecular weight excluding hydrogens is 476 g/mol. The SMILES string of the molecule is c1ccc(-c2nc3ccccc3nc2-c2ccc3c4cccc5oc6cc7ccccc7c(c3c2)c6c54)cc1. The second-order valence-electron chi connectivity index (χ2n) is 10.2. The Labute approximate surface area is 223 Å². The standard InChI is InChI=1S/C36H20N2O/c1-2-9-21(10-3-1)35-36(38-29-15-7-6-14-28(29)37-35)23-17-18-25-26-13-8-16-30-33(26)34-31(39-30)20-22-11-4-5-12-24(22)32(34)27(25)19-23/h1-20H. The van der Waals surface area contributed by atoms with Crippen molar-refractivity contribution in [3.63, 3.8) is 0 Å². The van der Waals surface area contributed by atoms with Crippen LogP contribution in [0.5, 0.6) is 0 Å². The molecule has 2 heterocycles. The number of fused-ring (bicyclic) bond motifs is 6. The van der Waals surface area contributed by atoms with Crippen molar-refractivity contribution >= 4 is 65.3 Å². The smallest absolute Gasteiger partial charge is 0.136 e. The molecule has 180 valence electrons. The van der Waals surface area contributed by atoms with E-state index in [2.05, 4.69) is 91.0 Å². The number of aromatic nitrogens is 2. The molecule has 3 nitrogen and oxygen atoms in total. The predicted molar refractivity (Wildman–Crippen MR) is 161 cm³/mol. The molecule has 0 aliphatic heterocycles. The third kappa shape index (κ3) is 2.87. The van der Waals surface area contributed by atoms with Crippen LogP contribution in [-0.4, -0.2) is 9.97 Å². The zero-order valence-electron chi connectivity index (χ0n) is 20.8. The molecule has 0 aliphatic rings. The van der Waals surface area contributed by atoms with Crippen LogP contribution in [-0.2, 0) is 0 Å². The summed E-state index contributed by atoms with van der Waals surface area (Å²) in [5.41, 5.74) is 7.51. The van der Waals surface area contributed by atoms with Gasteiger partial charge >= 0.3 is 0 Å². The van der Waals surface area contributed by atoms with E-state index < -0.39 is 0 Å². The summed E-state index contributed by atoms with van der Waals surface area (Å²) < 4.78 is 6.41. The van der Waals surface area contributed by atoms with E-state index in [0.29, 0.717) is 0 Å². The van der Waals surface area contributed by atoms with Gasteiger partial charge in [0.05, 0.1) is 22.4 Å². The normalized spacial score (nSPS) is 12.1. The summed E-state index contributed by atoms with van der Waals surface area (Å²) in [7, 11) is 0. The number of hydrogen-bond acceptors (Lipinski definition) is 3. The maximum absolute atomic E-state index is 6.41. The second-order valence-corrected chi connectivity index (χ2v) is 10.2. The van der Waals surface area contributed by atoms with Crippen molar-refractivity contribution in [3.05, 3.63) is 121 Å². The minimum atomic E-state index is 0.885. The summed E-state index contributed by atoms with van der Waals surface area (Å²) in [5.74, 6) is 0. The van der Waals surface area contributed by atoms with E-state index in [-0.39, 0.29) is 0 Å². The van der Waals surface area contributed by atoms with E-state index in [1.807, 2.05) is 30.3 Å². The van der Waals surface area contributed by atoms with E-state index in [4.69, 9.17) is 14.4 Å². The van der Waals surface area contributed by atoms with Gasteiger partial charge in [0.25, 0.3) is 0 Å². The van der Waals surface area contributed by atoms with Crippen LogP contribution in [0.2, 0.25) is 0 Å². The molecule has 0 saturated heterocycles. The van der Waals surface area contributed by atoms with Crippen LogP contribution in [0.15, 0.2) is 126 Å². The number of nitrogens with zero attached hydrogens (tertiary/aromatic N) is 2. The van der Waals surface area contributed by atoms with Gasteiger partial charge in [-0.05, 0) is 57.3 Å². The molecule has 9 aromatic rings. The highest BCUT2D eigenvalue weighted by Crippen LogP contribution is 2.46. The highest BCUT2D eigenvalue weighted by Gasteiger charge is 2.21. The average Bonchev–Trinajstić information content (AvgIpc) is 3.38. The van der Waals surface area contributed by atoms with Gasteiger partial charge in [-0.2, -0.15) is 0 Å². The molecule has 0 radical (unpaired) electrons. The van der Waals surface area contributed by atoms with Gasteiger partial charge < -0.3 is 4.42 Å². The molecule has 9 rings (SSSR count). The summed E-state index contributed by atoms with van der Waals surface area (Å²) in [6, 6.07) is 42.3. The molecule has 0 amide bonds. The fraction of sp³-hybridized carbons (Fsp3) is 0. The van der Waals surface area contributed by atoms with Crippen molar-refractivity contribution in [1.82, 2.24) is 9.97 Å². The maximum atomic E-state index is 6.41.